The number of hydrogen-bond donors (Lipinski definition) is 0. The maximum absolute atomic E-state index is 11.6. The summed E-state index contributed by atoms with van der Waals surface area (Å²) in [7, 11) is 3.06. The molecule has 0 amide bonds. The maximum atomic E-state index is 11.6. The van der Waals surface area contributed by atoms with E-state index in [1.54, 1.807) is 19.1 Å². The second-order valence-corrected chi connectivity index (χ2v) is 3.82. The summed E-state index contributed by atoms with van der Waals surface area (Å²) in [6.07, 6.45) is -0.759. The Hall–Kier alpha value is -2.11. The number of fused-ring (bicyclic) bond motifs is 1. The number of esters is 1. The van der Waals surface area contributed by atoms with Gasteiger partial charge in [0.25, 0.3) is 0 Å². The molecule has 1 aromatic carbocycles. The van der Waals surface area contributed by atoms with Crippen molar-refractivity contribution in [2.24, 2.45) is 0 Å². The highest BCUT2D eigenvalue weighted by atomic mass is 16.6. The van der Waals surface area contributed by atoms with E-state index in [0.29, 0.717) is 29.6 Å². The summed E-state index contributed by atoms with van der Waals surface area (Å²) in [5.41, 5.74) is 0. The van der Waals surface area contributed by atoms with Crippen LogP contribution in [-0.4, -0.2) is 39.5 Å². The number of carbonyl (C=O) groups is 1. The topological polar surface area (TPSA) is 63.2 Å². The molecule has 6 heteroatoms. The summed E-state index contributed by atoms with van der Waals surface area (Å²) < 4.78 is 26.3. The van der Waals surface area contributed by atoms with Gasteiger partial charge in [0.05, 0.1) is 20.8 Å². The SMILES string of the molecule is CCOC(=O)[C@@H]1COc2cc(OC)c(OC)cc2O1. The van der Waals surface area contributed by atoms with Crippen molar-refractivity contribution in [1.29, 1.82) is 0 Å². The Bertz CT molecular complexity index is 470. The van der Waals surface area contributed by atoms with Crippen LogP contribution in [0.1, 0.15) is 6.92 Å². The number of rotatable bonds is 4. The van der Waals surface area contributed by atoms with E-state index in [-0.39, 0.29) is 6.61 Å². The van der Waals surface area contributed by atoms with E-state index in [1.807, 2.05) is 0 Å². The van der Waals surface area contributed by atoms with Crippen LogP contribution in [0.25, 0.3) is 0 Å². The smallest absolute Gasteiger partial charge is 0.350 e. The lowest BCUT2D eigenvalue weighted by Gasteiger charge is -2.25. The molecule has 0 aliphatic carbocycles. The number of hydrogen-bond acceptors (Lipinski definition) is 6. The predicted octanol–water partition coefficient (Wildman–Crippen LogP) is 1.41. The molecule has 2 rings (SSSR count). The molecule has 1 heterocycles. The van der Waals surface area contributed by atoms with Crippen molar-refractivity contribution < 1.29 is 28.5 Å². The lowest BCUT2D eigenvalue weighted by atomic mass is 10.2. The van der Waals surface area contributed by atoms with E-state index in [2.05, 4.69) is 0 Å². The van der Waals surface area contributed by atoms with Crippen LogP contribution >= 0.6 is 0 Å². The van der Waals surface area contributed by atoms with Gasteiger partial charge in [0.15, 0.2) is 23.0 Å². The molecular weight excluding hydrogens is 252 g/mol. The van der Waals surface area contributed by atoms with Crippen LogP contribution in [0, 0.1) is 0 Å². The quantitative estimate of drug-likeness (QED) is 0.769. The maximum Gasteiger partial charge on any atom is 0.350 e. The molecule has 19 heavy (non-hydrogen) atoms. The van der Waals surface area contributed by atoms with Crippen LogP contribution in [0.2, 0.25) is 0 Å². The molecule has 1 aromatic rings. The molecule has 1 aliphatic heterocycles. The van der Waals surface area contributed by atoms with Crippen LogP contribution in [0.15, 0.2) is 12.1 Å². The van der Waals surface area contributed by atoms with Gasteiger partial charge in [-0.2, -0.15) is 0 Å². The van der Waals surface area contributed by atoms with Gasteiger partial charge < -0.3 is 23.7 Å². The second-order valence-electron chi connectivity index (χ2n) is 3.82. The predicted molar refractivity (Wildman–Crippen MR) is 66.1 cm³/mol. The van der Waals surface area contributed by atoms with Gasteiger partial charge in [-0.15, -0.1) is 0 Å². The van der Waals surface area contributed by atoms with Crippen molar-refractivity contribution in [2.45, 2.75) is 13.0 Å². The molecule has 0 aromatic heterocycles. The van der Waals surface area contributed by atoms with E-state index in [0.717, 1.165) is 0 Å². The van der Waals surface area contributed by atoms with Gasteiger partial charge in [0.1, 0.15) is 6.61 Å². The molecule has 0 N–H and O–H groups in total. The fourth-order valence-electron chi connectivity index (χ4n) is 1.75. The van der Waals surface area contributed by atoms with Gasteiger partial charge in [0.2, 0.25) is 6.10 Å². The van der Waals surface area contributed by atoms with Crippen LogP contribution in [-0.2, 0) is 9.53 Å². The molecular formula is C13H16O6. The summed E-state index contributed by atoms with van der Waals surface area (Å²) in [4.78, 5) is 11.6. The average molecular weight is 268 g/mol. The Morgan fingerprint density at radius 3 is 2.47 bits per heavy atom. The first-order chi connectivity index (χ1) is 9.19. The fourth-order valence-corrected chi connectivity index (χ4v) is 1.75. The molecule has 6 nitrogen and oxygen atoms in total. The summed E-state index contributed by atoms with van der Waals surface area (Å²) in [6, 6.07) is 3.29. The molecule has 0 unspecified atom stereocenters. The lowest BCUT2D eigenvalue weighted by molar-refractivity contribution is -0.153. The molecule has 0 spiro atoms. The number of methoxy groups -OCH3 is 2. The molecule has 0 saturated heterocycles. The van der Waals surface area contributed by atoms with Gasteiger partial charge in [-0.05, 0) is 6.92 Å². The first-order valence-corrected chi connectivity index (χ1v) is 5.91. The van der Waals surface area contributed by atoms with Gasteiger partial charge in [-0.3, -0.25) is 0 Å². The molecule has 0 bridgehead atoms. The molecule has 0 saturated carbocycles. The standard InChI is InChI=1S/C13H16O6/c1-4-17-13(14)12-7-18-10-5-8(15-2)9(16-3)6-11(10)19-12/h5-6,12H,4,7H2,1-3H3/t12-/m0/s1. The summed E-state index contributed by atoms with van der Waals surface area (Å²) in [5, 5.41) is 0. The average Bonchev–Trinajstić information content (AvgIpc) is 2.45. The minimum absolute atomic E-state index is 0.112. The number of ether oxygens (including phenoxy) is 5. The van der Waals surface area contributed by atoms with E-state index >= 15 is 0 Å². The minimum atomic E-state index is -0.759. The zero-order chi connectivity index (χ0) is 13.8. The van der Waals surface area contributed by atoms with Crippen LogP contribution in [0.5, 0.6) is 23.0 Å². The minimum Gasteiger partial charge on any atom is -0.493 e. The van der Waals surface area contributed by atoms with Crippen LogP contribution in [0.3, 0.4) is 0 Å². The Labute approximate surface area is 111 Å². The van der Waals surface area contributed by atoms with Crippen LogP contribution < -0.4 is 18.9 Å². The van der Waals surface area contributed by atoms with Crippen molar-refractivity contribution in [3.63, 3.8) is 0 Å². The largest absolute Gasteiger partial charge is 0.493 e. The van der Waals surface area contributed by atoms with Gasteiger partial charge >= 0.3 is 5.97 Å². The van der Waals surface area contributed by atoms with E-state index < -0.39 is 12.1 Å². The Morgan fingerprint density at radius 1 is 1.26 bits per heavy atom. The molecule has 1 aliphatic rings. The van der Waals surface area contributed by atoms with Crippen molar-refractivity contribution in [3.8, 4) is 23.0 Å². The van der Waals surface area contributed by atoms with Crippen LogP contribution in [0.4, 0.5) is 0 Å². The van der Waals surface area contributed by atoms with E-state index in [9.17, 15) is 4.79 Å². The monoisotopic (exact) mass is 268 g/mol. The Morgan fingerprint density at radius 2 is 1.89 bits per heavy atom. The summed E-state index contributed by atoms with van der Waals surface area (Å²) >= 11 is 0. The van der Waals surface area contributed by atoms with Crippen molar-refractivity contribution in [1.82, 2.24) is 0 Å². The zero-order valence-corrected chi connectivity index (χ0v) is 11.1. The third-order valence-corrected chi connectivity index (χ3v) is 2.66. The van der Waals surface area contributed by atoms with Crippen molar-refractivity contribution in [2.75, 3.05) is 27.4 Å². The molecule has 0 fully saturated rings. The molecule has 1 atom stereocenters. The van der Waals surface area contributed by atoms with Gasteiger partial charge in [-0.1, -0.05) is 0 Å². The lowest BCUT2D eigenvalue weighted by Crippen LogP contribution is -2.37. The number of carbonyl (C=O) groups excluding carboxylic acids is 1. The summed E-state index contributed by atoms with van der Waals surface area (Å²) in [6.45, 7) is 2.15. The normalized spacial score (nSPS) is 16.7. The van der Waals surface area contributed by atoms with Gasteiger partial charge in [-0.25, -0.2) is 4.79 Å². The highest BCUT2D eigenvalue weighted by Crippen LogP contribution is 2.41. The van der Waals surface area contributed by atoms with Crippen molar-refractivity contribution in [3.05, 3.63) is 12.1 Å². The third-order valence-electron chi connectivity index (χ3n) is 2.66. The Balaban J connectivity index is 2.22. The molecule has 104 valence electrons. The van der Waals surface area contributed by atoms with E-state index in [4.69, 9.17) is 23.7 Å². The highest BCUT2D eigenvalue weighted by Gasteiger charge is 2.29. The zero-order valence-electron chi connectivity index (χ0n) is 11.1. The fraction of sp³-hybridized carbons (Fsp3) is 0.462. The van der Waals surface area contributed by atoms with Crippen molar-refractivity contribution >= 4 is 5.97 Å². The number of benzene rings is 1. The first kappa shape index (κ1) is 13.3. The third kappa shape index (κ3) is 2.67. The summed E-state index contributed by atoms with van der Waals surface area (Å²) in [5.74, 6) is 1.55. The molecule has 0 radical (unpaired) electrons. The first-order valence-electron chi connectivity index (χ1n) is 5.91. The van der Waals surface area contributed by atoms with Gasteiger partial charge in [0, 0.05) is 12.1 Å². The highest BCUT2D eigenvalue weighted by molar-refractivity contribution is 5.76. The second kappa shape index (κ2) is 5.69. The Kier molecular flexibility index (Phi) is 3.99. The van der Waals surface area contributed by atoms with E-state index in [1.165, 1.54) is 14.2 Å².